The normalized spacial score (nSPS) is 10.8. The van der Waals surface area contributed by atoms with Crippen molar-refractivity contribution in [3.63, 3.8) is 0 Å². The van der Waals surface area contributed by atoms with E-state index in [4.69, 9.17) is 9.26 Å². The van der Waals surface area contributed by atoms with E-state index < -0.39 is 5.97 Å². The first kappa shape index (κ1) is 18.9. The molecule has 0 radical (unpaired) electrons. The Morgan fingerprint density at radius 1 is 1.07 bits per heavy atom. The van der Waals surface area contributed by atoms with Crippen LogP contribution in [0.1, 0.15) is 33.4 Å². The quantitative estimate of drug-likeness (QED) is 0.455. The van der Waals surface area contributed by atoms with Crippen molar-refractivity contribution in [3.05, 3.63) is 71.5 Å². The van der Waals surface area contributed by atoms with Gasteiger partial charge in [0, 0.05) is 15.6 Å². The van der Waals surface area contributed by atoms with Gasteiger partial charge in [-0.3, -0.25) is 4.79 Å². The fraction of sp³-hybridized carbons (Fsp3) is 0.136. The molecule has 0 bridgehead atoms. The summed E-state index contributed by atoms with van der Waals surface area (Å²) in [6.07, 6.45) is 0. The number of carbonyl (C=O) groups is 2. The van der Waals surface area contributed by atoms with E-state index in [1.54, 1.807) is 13.8 Å². The van der Waals surface area contributed by atoms with Crippen LogP contribution in [0, 0.1) is 6.92 Å². The lowest BCUT2D eigenvalue weighted by atomic mass is 10.1. The molecule has 0 unspecified atom stereocenters. The summed E-state index contributed by atoms with van der Waals surface area (Å²) < 4.78 is 11.4. The van der Waals surface area contributed by atoms with E-state index in [2.05, 4.69) is 10.5 Å². The van der Waals surface area contributed by atoms with E-state index >= 15 is 0 Å². The zero-order valence-corrected chi connectivity index (χ0v) is 16.7. The van der Waals surface area contributed by atoms with Crippen molar-refractivity contribution in [2.75, 3.05) is 11.9 Å². The molecule has 29 heavy (non-hydrogen) atoms. The minimum atomic E-state index is -0.467. The lowest BCUT2D eigenvalue weighted by molar-refractivity contribution is 0.0530. The molecule has 0 saturated heterocycles. The number of hydrogen-bond donors (Lipinski definition) is 1. The van der Waals surface area contributed by atoms with Gasteiger partial charge >= 0.3 is 5.97 Å². The highest BCUT2D eigenvalue weighted by Crippen LogP contribution is 2.37. The molecule has 7 heteroatoms. The summed E-state index contributed by atoms with van der Waals surface area (Å²) in [5.74, 6) is -0.453. The highest BCUT2D eigenvalue weighted by Gasteiger charge is 2.26. The smallest absolute Gasteiger partial charge is 0.341 e. The zero-order valence-electron chi connectivity index (χ0n) is 15.9. The van der Waals surface area contributed by atoms with Crippen LogP contribution in [0.5, 0.6) is 0 Å². The minimum absolute atomic E-state index is 0.249. The van der Waals surface area contributed by atoms with E-state index in [-0.39, 0.29) is 12.5 Å². The molecule has 0 fully saturated rings. The second kappa shape index (κ2) is 7.89. The Bertz CT molecular complexity index is 1190. The zero-order chi connectivity index (χ0) is 20.4. The van der Waals surface area contributed by atoms with Crippen LogP contribution in [0.15, 0.2) is 59.1 Å². The van der Waals surface area contributed by atoms with Crippen LogP contribution in [-0.4, -0.2) is 23.6 Å². The molecule has 2 heterocycles. The number of aromatic nitrogens is 1. The molecular weight excluding hydrogens is 388 g/mol. The van der Waals surface area contributed by atoms with Crippen LogP contribution in [0.2, 0.25) is 0 Å². The predicted molar refractivity (Wildman–Crippen MR) is 112 cm³/mol. The molecule has 0 aliphatic heterocycles. The van der Waals surface area contributed by atoms with Gasteiger partial charge in [-0.25, -0.2) is 4.79 Å². The second-order valence-electron chi connectivity index (χ2n) is 6.31. The molecule has 0 saturated carbocycles. The number of esters is 1. The topological polar surface area (TPSA) is 81.4 Å². The van der Waals surface area contributed by atoms with E-state index in [1.165, 1.54) is 11.3 Å². The fourth-order valence-electron chi connectivity index (χ4n) is 3.14. The van der Waals surface area contributed by atoms with Crippen molar-refractivity contribution in [2.45, 2.75) is 13.8 Å². The maximum absolute atomic E-state index is 13.1. The van der Waals surface area contributed by atoms with Crippen molar-refractivity contribution < 1.29 is 18.8 Å². The molecule has 0 atom stereocenters. The van der Waals surface area contributed by atoms with Gasteiger partial charge in [0.05, 0.1) is 6.61 Å². The molecule has 2 aromatic carbocycles. The molecule has 0 aliphatic carbocycles. The van der Waals surface area contributed by atoms with Crippen molar-refractivity contribution in [2.24, 2.45) is 0 Å². The summed E-state index contributed by atoms with van der Waals surface area (Å²) in [5, 5.41) is 8.11. The largest absolute Gasteiger partial charge is 0.462 e. The van der Waals surface area contributed by atoms with Gasteiger partial charge in [0.1, 0.15) is 27.6 Å². The summed E-state index contributed by atoms with van der Waals surface area (Å²) in [7, 11) is 0. The number of anilines is 1. The molecule has 146 valence electrons. The van der Waals surface area contributed by atoms with E-state index in [0.717, 1.165) is 15.6 Å². The number of nitrogens with zero attached hydrogens (tertiary/aromatic N) is 1. The first-order valence-corrected chi connectivity index (χ1v) is 9.93. The highest BCUT2D eigenvalue weighted by molar-refractivity contribution is 7.23. The van der Waals surface area contributed by atoms with Crippen molar-refractivity contribution >= 4 is 38.3 Å². The van der Waals surface area contributed by atoms with Gasteiger partial charge in [-0.15, -0.1) is 11.3 Å². The Morgan fingerprint density at radius 3 is 2.55 bits per heavy atom. The van der Waals surface area contributed by atoms with Gasteiger partial charge in [-0.1, -0.05) is 53.7 Å². The standard InChI is InChI=1S/C22H18N2O4S/c1-3-27-22(26)18-15-11-7-8-12-16(15)29-21(18)23-20(25)17-13(2)28-24-19(17)14-9-5-4-6-10-14/h4-12H,3H2,1-2H3,(H,23,25). The third-order valence-electron chi connectivity index (χ3n) is 4.44. The van der Waals surface area contributed by atoms with E-state index in [9.17, 15) is 9.59 Å². The molecular formula is C22H18N2O4S. The first-order valence-electron chi connectivity index (χ1n) is 9.11. The summed E-state index contributed by atoms with van der Waals surface area (Å²) in [6.45, 7) is 3.68. The monoisotopic (exact) mass is 406 g/mol. The van der Waals surface area contributed by atoms with Crippen LogP contribution in [-0.2, 0) is 4.74 Å². The molecule has 2 aromatic heterocycles. The number of benzene rings is 2. The van der Waals surface area contributed by atoms with E-state index in [1.807, 2.05) is 54.6 Å². The van der Waals surface area contributed by atoms with Crippen LogP contribution in [0.4, 0.5) is 5.00 Å². The fourth-order valence-corrected chi connectivity index (χ4v) is 4.22. The molecule has 0 aliphatic rings. The van der Waals surface area contributed by atoms with Crippen LogP contribution < -0.4 is 5.32 Å². The number of ether oxygens (including phenoxy) is 1. The number of thiophene rings is 1. The number of hydrogen-bond acceptors (Lipinski definition) is 6. The summed E-state index contributed by atoms with van der Waals surface area (Å²) >= 11 is 1.33. The van der Waals surface area contributed by atoms with Crippen LogP contribution in [0.25, 0.3) is 21.3 Å². The number of fused-ring (bicyclic) bond motifs is 1. The average Bonchev–Trinajstić information content (AvgIpc) is 3.29. The Hall–Kier alpha value is -3.45. The van der Waals surface area contributed by atoms with Crippen molar-refractivity contribution in [1.82, 2.24) is 5.16 Å². The SMILES string of the molecule is CCOC(=O)c1c(NC(=O)c2c(-c3ccccc3)noc2C)sc2ccccc12. The van der Waals surface area contributed by atoms with Gasteiger partial charge in [0.25, 0.3) is 5.91 Å². The van der Waals surface area contributed by atoms with Crippen LogP contribution >= 0.6 is 11.3 Å². The number of amides is 1. The number of aryl methyl sites for hydroxylation is 1. The number of carbonyl (C=O) groups excluding carboxylic acids is 2. The lowest BCUT2D eigenvalue weighted by Crippen LogP contribution is -2.15. The maximum atomic E-state index is 13.1. The Kier molecular flexibility index (Phi) is 5.14. The number of rotatable bonds is 5. The third kappa shape index (κ3) is 3.52. The Labute approximate surface area is 171 Å². The molecule has 0 spiro atoms. The maximum Gasteiger partial charge on any atom is 0.341 e. The molecule has 1 N–H and O–H groups in total. The molecule has 6 nitrogen and oxygen atoms in total. The molecule has 4 aromatic rings. The van der Waals surface area contributed by atoms with Gasteiger partial charge < -0.3 is 14.6 Å². The first-order chi connectivity index (χ1) is 14.1. The Morgan fingerprint density at radius 2 is 1.79 bits per heavy atom. The molecule has 1 amide bonds. The number of nitrogens with one attached hydrogen (secondary N) is 1. The molecule has 4 rings (SSSR count). The van der Waals surface area contributed by atoms with Gasteiger partial charge in [-0.05, 0) is 19.9 Å². The van der Waals surface area contributed by atoms with Gasteiger partial charge in [0.15, 0.2) is 0 Å². The minimum Gasteiger partial charge on any atom is -0.462 e. The highest BCUT2D eigenvalue weighted by atomic mass is 32.1. The van der Waals surface area contributed by atoms with E-state index in [0.29, 0.717) is 27.6 Å². The van der Waals surface area contributed by atoms with Crippen molar-refractivity contribution in [3.8, 4) is 11.3 Å². The van der Waals surface area contributed by atoms with Gasteiger partial charge in [-0.2, -0.15) is 0 Å². The Balaban J connectivity index is 1.75. The summed E-state index contributed by atoms with van der Waals surface area (Å²) in [6, 6.07) is 16.8. The predicted octanol–water partition coefficient (Wildman–Crippen LogP) is 5.29. The summed E-state index contributed by atoms with van der Waals surface area (Å²) in [4.78, 5) is 25.7. The van der Waals surface area contributed by atoms with Crippen LogP contribution in [0.3, 0.4) is 0 Å². The summed E-state index contributed by atoms with van der Waals surface area (Å²) in [5.41, 5.74) is 1.93. The second-order valence-corrected chi connectivity index (χ2v) is 7.36. The third-order valence-corrected chi connectivity index (χ3v) is 5.53. The van der Waals surface area contributed by atoms with Crippen molar-refractivity contribution in [1.29, 1.82) is 0 Å². The lowest BCUT2D eigenvalue weighted by Gasteiger charge is -2.07. The average molecular weight is 406 g/mol. The van der Waals surface area contributed by atoms with Gasteiger partial charge in [0.2, 0.25) is 0 Å².